The van der Waals surface area contributed by atoms with E-state index in [1.54, 1.807) is 36.7 Å². The highest BCUT2D eigenvalue weighted by atomic mass is 16.2. The second-order valence-electron chi connectivity index (χ2n) is 7.16. The van der Waals surface area contributed by atoms with E-state index in [4.69, 9.17) is 0 Å². The molecule has 0 unspecified atom stereocenters. The average molecular weight is 438 g/mol. The number of hydrogen-bond acceptors (Lipinski definition) is 6. The van der Waals surface area contributed by atoms with Gasteiger partial charge < -0.3 is 10.2 Å². The molecule has 8 heteroatoms. The minimum atomic E-state index is -0.388. The van der Waals surface area contributed by atoms with E-state index >= 15 is 0 Å². The van der Waals surface area contributed by atoms with Crippen LogP contribution in [0.1, 0.15) is 16.1 Å². The minimum Gasteiger partial charge on any atom is -0.347 e. The summed E-state index contributed by atoms with van der Waals surface area (Å²) in [6.07, 6.45) is 6.82. The Morgan fingerprint density at radius 3 is 2.48 bits per heavy atom. The van der Waals surface area contributed by atoms with Crippen molar-refractivity contribution < 1.29 is 4.79 Å². The molecular formula is C25H23N7O. The van der Waals surface area contributed by atoms with E-state index in [1.807, 2.05) is 47.4 Å². The fourth-order valence-corrected chi connectivity index (χ4v) is 3.28. The van der Waals surface area contributed by atoms with E-state index in [9.17, 15) is 4.79 Å². The molecule has 0 fully saturated rings. The van der Waals surface area contributed by atoms with Crippen molar-refractivity contribution in [1.82, 2.24) is 25.0 Å². The van der Waals surface area contributed by atoms with Crippen molar-refractivity contribution >= 4 is 23.7 Å². The molecule has 0 saturated carbocycles. The first-order valence-corrected chi connectivity index (χ1v) is 10.4. The van der Waals surface area contributed by atoms with E-state index in [-0.39, 0.29) is 11.6 Å². The number of amides is 1. The molecule has 1 N–H and O–H groups in total. The number of benzene rings is 1. The Bertz CT molecular complexity index is 1240. The number of anilines is 2. The zero-order chi connectivity index (χ0) is 23.0. The number of pyridine rings is 1. The van der Waals surface area contributed by atoms with Crippen molar-refractivity contribution in [2.45, 2.75) is 6.54 Å². The summed E-state index contributed by atoms with van der Waals surface area (Å²) < 4.78 is 1.52. The highest BCUT2D eigenvalue weighted by molar-refractivity contribution is 6.02. The number of rotatable bonds is 9. The fourth-order valence-electron chi connectivity index (χ4n) is 3.28. The summed E-state index contributed by atoms with van der Waals surface area (Å²) in [5.41, 5.74) is 2.94. The first-order valence-electron chi connectivity index (χ1n) is 10.4. The summed E-state index contributed by atoms with van der Waals surface area (Å²) in [7, 11) is 0. The van der Waals surface area contributed by atoms with Crippen LogP contribution in [0, 0.1) is 0 Å². The Morgan fingerprint density at radius 1 is 1.03 bits per heavy atom. The van der Waals surface area contributed by atoms with Gasteiger partial charge in [0.2, 0.25) is 0 Å². The van der Waals surface area contributed by atoms with Gasteiger partial charge in [-0.3, -0.25) is 9.78 Å². The van der Waals surface area contributed by atoms with Gasteiger partial charge in [0.05, 0.1) is 5.69 Å². The Hall–Kier alpha value is -4.59. The second-order valence-corrected chi connectivity index (χ2v) is 7.16. The largest absolute Gasteiger partial charge is 0.347 e. The number of nitrogens with one attached hydrogen (secondary N) is 1. The van der Waals surface area contributed by atoms with Crippen LogP contribution in [-0.4, -0.2) is 37.4 Å². The highest BCUT2D eigenvalue weighted by Crippen LogP contribution is 2.22. The first-order chi connectivity index (χ1) is 16.2. The maximum absolute atomic E-state index is 12.8. The monoisotopic (exact) mass is 437 g/mol. The zero-order valence-corrected chi connectivity index (χ0v) is 18.0. The molecule has 0 aliphatic heterocycles. The standard InChI is InChI=1S/C25H23N7O/c1-3-16-31(18-19-12-14-26-15-13-19)23-11-10-21(28-29-23)25(33)27-24-17-22(30-32(24)4-2)20-8-6-5-7-9-20/h3-15,17H,1-2,16,18H2,(H,27,33). The van der Waals surface area contributed by atoms with E-state index < -0.39 is 0 Å². The lowest BCUT2D eigenvalue weighted by molar-refractivity contribution is 0.102. The number of carbonyl (C=O) groups is 1. The van der Waals surface area contributed by atoms with Gasteiger partial charge in [0.1, 0.15) is 5.82 Å². The van der Waals surface area contributed by atoms with Gasteiger partial charge in [0.15, 0.2) is 11.5 Å². The Morgan fingerprint density at radius 2 is 1.82 bits per heavy atom. The van der Waals surface area contributed by atoms with Crippen molar-refractivity contribution in [1.29, 1.82) is 0 Å². The lowest BCUT2D eigenvalue weighted by Crippen LogP contribution is -2.24. The first kappa shape index (κ1) is 21.6. The molecule has 0 atom stereocenters. The molecule has 1 amide bonds. The summed E-state index contributed by atoms with van der Waals surface area (Å²) in [5.74, 6) is 0.748. The van der Waals surface area contributed by atoms with Crippen molar-refractivity contribution in [2.75, 3.05) is 16.8 Å². The zero-order valence-electron chi connectivity index (χ0n) is 18.0. The van der Waals surface area contributed by atoms with Crippen LogP contribution >= 0.6 is 0 Å². The van der Waals surface area contributed by atoms with E-state index in [2.05, 4.69) is 38.8 Å². The Kier molecular flexibility index (Phi) is 6.65. The van der Waals surface area contributed by atoms with Crippen LogP contribution in [0.15, 0.2) is 92.3 Å². The molecule has 0 aliphatic carbocycles. The quantitative estimate of drug-likeness (QED) is 0.393. The van der Waals surface area contributed by atoms with Crippen LogP contribution in [0.25, 0.3) is 17.5 Å². The molecule has 3 heterocycles. The molecule has 0 saturated heterocycles. The van der Waals surface area contributed by atoms with Crippen LogP contribution in [0.4, 0.5) is 11.6 Å². The smallest absolute Gasteiger partial charge is 0.277 e. The van der Waals surface area contributed by atoms with Crippen molar-refractivity contribution in [3.8, 4) is 11.3 Å². The van der Waals surface area contributed by atoms with Gasteiger partial charge in [0, 0.05) is 43.3 Å². The molecular weight excluding hydrogens is 414 g/mol. The van der Waals surface area contributed by atoms with E-state index in [1.165, 1.54) is 10.9 Å². The average Bonchev–Trinajstić information content (AvgIpc) is 3.28. The summed E-state index contributed by atoms with van der Waals surface area (Å²) in [4.78, 5) is 18.9. The Balaban J connectivity index is 1.50. The molecule has 1 aromatic carbocycles. The van der Waals surface area contributed by atoms with E-state index in [0.717, 1.165) is 16.8 Å². The van der Waals surface area contributed by atoms with Crippen LogP contribution in [0.2, 0.25) is 0 Å². The maximum atomic E-state index is 12.8. The molecule has 4 rings (SSSR count). The van der Waals surface area contributed by atoms with Crippen LogP contribution in [0.3, 0.4) is 0 Å². The highest BCUT2D eigenvalue weighted by Gasteiger charge is 2.15. The van der Waals surface area contributed by atoms with Crippen LogP contribution in [0.5, 0.6) is 0 Å². The molecule has 164 valence electrons. The third kappa shape index (κ3) is 5.19. The normalized spacial score (nSPS) is 10.4. The van der Waals surface area contributed by atoms with Gasteiger partial charge in [-0.1, -0.05) is 43.0 Å². The van der Waals surface area contributed by atoms with Gasteiger partial charge >= 0.3 is 0 Å². The van der Waals surface area contributed by atoms with E-state index in [0.29, 0.717) is 24.7 Å². The lowest BCUT2D eigenvalue weighted by Gasteiger charge is -2.21. The number of nitrogens with zero attached hydrogens (tertiary/aromatic N) is 6. The summed E-state index contributed by atoms with van der Waals surface area (Å²) in [5, 5.41) is 15.7. The van der Waals surface area contributed by atoms with Crippen molar-refractivity contribution in [3.63, 3.8) is 0 Å². The Labute approximate surface area is 191 Å². The minimum absolute atomic E-state index is 0.194. The predicted molar refractivity (Wildman–Crippen MR) is 130 cm³/mol. The summed E-state index contributed by atoms with van der Waals surface area (Å²) >= 11 is 0. The number of hydrogen-bond donors (Lipinski definition) is 1. The summed E-state index contributed by atoms with van der Waals surface area (Å²) in [6, 6.07) is 18.8. The molecule has 3 aromatic heterocycles. The number of carbonyl (C=O) groups excluding carboxylic acids is 1. The molecule has 0 aliphatic rings. The second kappa shape index (κ2) is 10.1. The topological polar surface area (TPSA) is 88.8 Å². The van der Waals surface area contributed by atoms with Crippen LogP contribution in [-0.2, 0) is 6.54 Å². The SMILES string of the molecule is C=CCN(Cc1ccncc1)c1ccc(C(=O)Nc2cc(-c3ccccc3)nn2C=C)nn1. The number of aromatic nitrogens is 5. The van der Waals surface area contributed by atoms with Gasteiger partial charge in [-0.05, 0) is 29.8 Å². The lowest BCUT2D eigenvalue weighted by atomic mass is 10.1. The third-order valence-corrected chi connectivity index (χ3v) is 4.90. The molecule has 0 bridgehead atoms. The predicted octanol–water partition coefficient (Wildman–Crippen LogP) is 4.28. The molecule has 4 aromatic rings. The van der Waals surface area contributed by atoms with Gasteiger partial charge in [-0.25, -0.2) is 4.68 Å². The van der Waals surface area contributed by atoms with Crippen LogP contribution < -0.4 is 10.2 Å². The molecule has 0 radical (unpaired) electrons. The third-order valence-electron chi connectivity index (χ3n) is 4.90. The molecule has 33 heavy (non-hydrogen) atoms. The van der Waals surface area contributed by atoms with Crippen molar-refractivity contribution in [2.24, 2.45) is 0 Å². The maximum Gasteiger partial charge on any atom is 0.277 e. The van der Waals surface area contributed by atoms with Gasteiger partial charge in [0.25, 0.3) is 5.91 Å². The van der Waals surface area contributed by atoms with Gasteiger partial charge in [-0.15, -0.1) is 16.8 Å². The molecule has 0 spiro atoms. The molecule has 8 nitrogen and oxygen atoms in total. The van der Waals surface area contributed by atoms with Crippen molar-refractivity contribution in [3.05, 3.63) is 104 Å². The summed E-state index contributed by atoms with van der Waals surface area (Å²) in [6.45, 7) is 8.79. The van der Waals surface area contributed by atoms with Gasteiger partial charge in [-0.2, -0.15) is 5.10 Å². The fraction of sp³-hybridized carbons (Fsp3) is 0.0800.